The van der Waals surface area contributed by atoms with Crippen molar-refractivity contribution >= 4 is 11.9 Å². The molecular weight excluding hydrogens is 320 g/mol. The average Bonchev–Trinajstić information content (AvgIpc) is 3.05. The fourth-order valence-electron chi connectivity index (χ4n) is 3.55. The van der Waals surface area contributed by atoms with Crippen LogP contribution in [0.4, 0.5) is 5.95 Å². The zero-order chi connectivity index (χ0) is 17.2. The Hall–Kier alpha value is -2.41. The van der Waals surface area contributed by atoms with Crippen molar-refractivity contribution in [1.82, 2.24) is 14.9 Å². The number of carboxylic acids is 1. The highest BCUT2D eigenvalue weighted by Gasteiger charge is 2.22. The molecule has 2 aromatic rings. The lowest BCUT2D eigenvalue weighted by Crippen LogP contribution is -2.46. The number of piperazine rings is 1. The lowest BCUT2D eigenvalue weighted by Gasteiger charge is -2.34. The lowest BCUT2D eigenvalue weighted by molar-refractivity contribution is 0.0696. The van der Waals surface area contributed by atoms with E-state index in [-0.39, 0.29) is 5.56 Å². The number of aromatic nitrogens is 2. The number of hydrogen-bond donors (Lipinski definition) is 1. The number of furan rings is 1. The Morgan fingerprint density at radius 3 is 2.52 bits per heavy atom. The highest BCUT2D eigenvalue weighted by atomic mass is 16.4. The van der Waals surface area contributed by atoms with Crippen molar-refractivity contribution in [3.05, 3.63) is 41.1 Å². The molecule has 0 aromatic carbocycles. The Morgan fingerprint density at radius 1 is 1.12 bits per heavy atom. The molecular formula is C18H22N4O3. The van der Waals surface area contributed by atoms with Gasteiger partial charge in [0.05, 0.1) is 12.1 Å². The summed E-state index contributed by atoms with van der Waals surface area (Å²) in [4.78, 5) is 23.7. The summed E-state index contributed by atoms with van der Waals surface area (Å²) in [6, 6.07) is 2.23. The quantitative estimate of drug-likeness (QED) is 0.909. The van der Waals surface area contributed by atoms with Crippen molar-refractivity contribution in [3.63, 3.8) is 0 Å². The first kappa shape index (κ1) is 16.1. The van der Waals surface area contributed by atoms with Crippen molar-refractivity contribution in [3.8, 4) is 0 Å². The number of anilines is 1. The molecule has 132 valence electrons. The van der Waals surface area contributed by atoms with Crippen LogP contribution in [0.1, 0.15) is 40.3 Å². The van der Waals surface area contributed by atoms with Crippen molar-refractivity contribution in [2.24, 2.45) is 0 Å². The van der Waals surface area contributed by atoms with Crippen molar-refractivity contribution in [2.75, 3.05) is 31.1 Å². The van der Waals surface area contributed by atoms with Gasteiger partial charge in [0.1, 0.15) is 11.5 Å². The molecule has 25 heavy (non-hydrogen) atoms. The van der Waals surface area contributed by atoms with Gasteiger partial charge in [0, 0.05) is 45.0 Å². The molecule has 0 unspecified atom stereocenters. The van der Waals surface area contributed by atoms with E-state index in [0.717, 1.165) is 51.3 Å². The molecule has 0 radical (unpaired) electrons. The molecule has 0 amide bonds. The van der Waals surface area contributed by atoms with Gasteiger partial charge in [-0.2, -0.15) is 0 Å². The average molecular weight is 342 g/mol. The third-order valence-electron chi connectivity index (χ3n) is 4.97. The Labute approximate surface area is 146 Å². The fraction of sp³-hybridized carbons (Fsp3) is 0.500. The molecule has 1 aliphatic heterocycles. The largest absolute Gasteiger partial charge is 0.478 e. The minimum Gasteiger partial charge on any atom is -0.478 e. The number of carbonyl (C=O) groups is 1. The van der Waals surface area contributed by atoms with Crippen LogP contribution in [0.5, 0.6) is 0 Å². The van der Waals surface area contributed by atoms with Crippen molar-refractivity contribution in [1.29, 1.82) is 0 Å². The zero-order valence-corrected chi connectivity index (χ0v) is 14.1. The molecule has 2 aromatic heterocycles. The van der Waals surface area contributed by atoms with Gasteiger partial charge in [-0.15, -0.1) is 0 Å². The van der Waals surface area contributed by atoms with Gasteiger partial charge in [-0.05, 0) is 30.9 Å². The minimum absolute atomic E-state index is 0.115. The SMILES string of the molecule is O=C(O)c1cnc(N2CCN(Cc3cc4c(o3)CCCC4)CC2)nc1. The molecule has 0 saturated carbocycles. The van der Waals surface area contributed by atoms with Crippen LogP contribution in [0.3, 0.4) is 0 Å². The van der Waals surface area contributed by atoms with E-state index in [1.807, 2.05) is 0 Å². The molecule has 1 aliphatic carbocycles. The van der Waals surface area contributed by atoms with Gasteiger partial charge in [0.25, 0.3) is 0 Å². The molecule has 1 fully saturated rings. The van der Waals surface area contributed by atoms with Crippen LogP contribution < -0.4 is 4.90 Å². The second-order valence-corrected chi connectivity index (χ2v) is 6.71. The van der Waals surface area contributed by atoms with E-state index < -0.39 is 5.97 Å². The van der Waals surface area contributed by atoms with Gasteiger partial charge < -0.3 is 14.4 Å². The second kappa shape index (κ2) is 6.84. The molecule has 1 saturated heterocycles. The van der Waals surface area contributed by atoms with Crippen molar-refractivity contribution < 1.29 is 14.3 Å². The first-order chi connectivity index (χ1) is 12.2. The smallest absolute Gasteiger partial charge is 0.338 e. The van der Waals surface area contributed by atoms with Crippen molar-refractivity contribution in [2.45, 2.75) is 32.2 Å². The number of rotatable bonds is 4. The van der Waals surface area contributed by atoms with Gasteiger partial charge in [-0.25, -0.2) is 14.8 Å². The number of nitrogens with zero attached hydrogens (tertiary/aromatic N) is 4. The van der Waals surface area contributed by atoms with E-state index in [4.69, 9.17) is 9.52 Å². The predicted octanol–water partition coefficient (Wildman–Crippen LogP) is 1.97. The van der Waals surface area contributed by atoms with E-state index in [1.165, 1.54) is 36.6 Å². The third kappa shape index (κ3) is 3.51. The lowest BCUT2D eigenvalue weighted by atomic mass is 9.99. The Bertz CT molecular complexity index is 725. The number of aromatic carboxylic acids is 1. The summed E-state index contributed by atoms with van der Waals surface area (Å²) in [5.74, 6) is 1.85. The minimum atomic E-state index is -1.00. The summed E-state index contributed by atoms with van der Waals surface area (Å²) in [5, 5.41) is 8.91. The van der Waals surface area contributed by atoms with Crippen LogP contribution in [0.15, 0.2) is 22.9 Å². The predicted molar refractivity (Wildman–Crippen MR) is 91.8 cm³/mol. The van der Waals surface area contributed by atoms with Gasteiger partial charge in [0.2, 0.25) is 5.95 Å². The topological polar surface area (TPSA) is 82.7 Å². The van der Waals surface area contributed by atoms with E-state index >= 15 is 0 Å². The van der Waals surface area contributed by atoms with Gasteiger partial charge >= 0.3 is 5.97 Å². The maximum absolute atomic E-state index is 10.9. The Kier molecular flexibility index (Phi) is 4.40. The van der Waals surface area contributed by atoms with E-state index in [2.05, 4.69) is 25.8 Å². The molecule has 4 rings (SSSR count). The first-order valence-electron chi connectivity index (χ1n) is 8.82. The summed E-state index contributed by atoms with van der Waals surface area (Å²) in [6.45, 7) is 4.32. The second-order valence-electron chi connectivity index (χ2n) is 6.71. The number of carboxylic acid groups (broad SMARTS) is 1. The summed E-state index contributed by atoms with van der Waals surface area (Å²) >= 11 is 0. The highest BCUT2D eigenvalue weighted by Crippen LogP contribution is 2.25. The molecule has 3 heterocycles. The molecule has 2 aliphatic rings. The molecule has 7 heteroatoms. The first-order valence-corrected chi connectivity index (χ1v) is 8.82. The fourth-order valence-corrected chi connectivity index (χ4v) is 3.55. The molecule has 7 nitrogen and oxygen atoms in total. The van der Waals surface area contributed by atoms with E-state index in [9.17, 15) is 4.79 Å². The summed E-state index contributed by atoms with van der Waals surface area (Å²) in [7, 11) is 0. The number of aryl methyl sites for hydroxylation is 2. The summed E-state index contributed by atoms with van der Waals surface area (Å²) < 4.78 is 6.02. The molecule has 0 atom stereocenters. The zero-order valence-electron chi connectivity index (χ0n) is 14.1. The maximum Gasteiger partial charge on any atom is 0.338 e. The number of fused-ring (bicyclic) bond motifs is 1. The third-order valence-corrected chi connectivity index (χ3v) is 4.97. The van der Waals surface area contributed by atoms with Gasteiger partial charge in [0.15, 0.2) is 0 Å². The highest BCUT2D eigenvalue weighted by molar-refractivity contribution is 5.86. The molecule has 0 spiro atoms. The van der Waals surface area contributed by atoms with Crippen LogP contribution in [-0.4, -0.2) is 52.1 Å². The van der Waals surface area contributed by atoms with Crippen LogP contribution in [-0.2, 0) is 19.4 Å². The van der Waals surface area contributed by atoms with Crippen LogP contribution in [0.25, 0.3) is 0 Å². The Balaban J connectivity index is 1.33. The van der Waals surface area contributed by atoms with Crippen LogP contribution in [0.2, 0.25) is 0 Å². The summed E-state index contributed by atoms with van der Waals surface area (Å²) in [6.07, 6.45) is 7.46. The van der Waals surface area contributed by atoms with Gasteiger partial charge in [-0.3, -0.25) is 4.90 Å². The molecule has 0 bridgehead atoms. The van der Waals surface area contributed by atoms with Crippen LogP contribution in [0, 0.1) is 0 Å². The standard InChI is InChI=1S/C18H22N4O3/c23-17(24)14-10-19-18(20-11-14)22-7-5-21(6-8-22)12-15-9-13-3-1-2-4-16(13)25-15/h9-11H,1-8,12H2,(H,23,24). The summed E-state index contributed by atoms with van der Waals surface area (Å²) in [5.41, 5.74) is 1.51. The maximum atomic E-state index is 10.9. The normalized spacial score (nSPS) is 18.2. The monoisotopic (exact) mass is 342 g/mol. The van der Waals surface area contributed by atoms with E-state index in [0.29, 0.717) is 5.95 Å². The number of hydrogen-bond acceptors (Lipinski definition) is 6. The van der Waals surface area contributed by atoms with Crippen LogP contribution >= 0.6 is 0 Å². The Morgan fingerprint density at radius 2 is 1.84 bits per heavy atom. The van der Waals surface area contributed by atoms with E-state index in [1.54, 1.807) is 0 Å². The molecule has 1 N–H and O–H groups in total. The van der Waals surface area contributed by atoms with Gasteiger partial charge in [-0.1, -0.05) is 0 Å².